The number of phenols is 1. The fourth-order valence-corrected chi connectivity index (χ4v) is 5.26. The van der Waals surface area contributed by atoms with E-state index in [-0.39, 0.29) is 17.2 Å². The largest absolute Gasteiger partial charge is 0.506 e. The molecule has 0 saturated carbocycles. The molecule has 6 heteroatoms. The molecule has 4 rings (SSSR count). The van der Waals surface area contributed by atoms with Crippen molar-refractivity contribution < 1.29 is 9.84 Å². The molecular weight excluding hydrogens is 404 g/mol. The fraction of sp³-hybridized carbons (Fsp3) is 0.348. The Kier molecular flexibility index (Phi) is 5.30. The topological polar surface area (TPSA) is 53.9 Å². The second-order valence-electron chi connectivity index (χ2n) is 8.26. The van der Waals surface area contributed by atoms with Gasteiger partial charge < -0.3 is 15.2 Å². The Bertz CT molecular complexity index is 961. The fourth-order valence-electron chi connectivity index (χ4n) is 4.24. The lowest BCUT2D eigenvalue weighted by Crippen LogP contribution is -2.57. The zero-order chi connectivity index (χ0) is 20.6. The van der Waals surface area contributed by atoms with Crippen LogP contribution in [0.15, 0.2) is 60.1 Å². The van der Waals surface area contributed by atoms with Crippen LogP contribution in [-0.4, -0.2) is 27.3 Å². The molecule has 2 atom stereocenters. The van der Waals surface area contributed by atoms with Gasteiger partial charge in [-0.25, -0.2) is 4.99 Å². The molecule has 2 aliphatic rings. The number of hydrogen-bond donors (Lipinski definition) is 2. The predicted octanol–water partition coefficient (Wildman–Crippen LogP) is 5.70. The number of fused-ring (bicyclic) bond motifs is 1. The van der Waals surface area contributed by atoms with Crippen molar-refractivity contribution in [2.75, 3.05) is 5.75 Å². The minimum absolute atomic E-state index is 0.0210. The molecule has 1 spiro atoms. The number of amidine groups is 1. The number of nitrogens with zero attached hydrogens (tertiary/aromatic N) is 1. The van der Waals surface area contributed by atoms with Crippen LogP contribution in [0.4, 0.5) is 0 Å². The molecule has 0 unspecified atom stereocenters. The van der Waals surface area contributed by atoms with Gasteiger partial charge in [-0.05, 0) is 25.5 Å². The van der Waals surface area contributed by atoms with Crippen LogP contribution < -0.4 is 10.1 Å². The summed E-state index contributed by atoms with van der Waals surface area (Å²) in [5.74, 6) is 1.50. The molecule has 0 fully saturated rings. The second kappa shape index (κ2) is 7.62. The molecule has 2 aromatic rings. The van der Waals surface area contributed by atoms with Crippen molar-refractivity contribution in [1.82, 2.24) is 5.32 Å². The number of aliphatic imine (C=N–C) groups is 1. The van der Waals surface area contributed by atoms with Gasteiger partial charge in [-0.2, -0.15) is 0 Å². The minimum atomic E-state index is -0.716. The van der Waals surface area contributed by atoms with Gasteiger partial charge in [-0.1, -0.05) is 59.8 Å². The van der Waals surface area contributed by atoms with Gasteiger partial charge in [0.15, 0.2) is 5.17 Å². The molecule has 0 saturated heterocycles. The number of aromatic hydroxyl groups is 1. The van der Waals surface area contributed by atoms with Gasteiger partial charge in [0.2, 0.25) is 5.72 Å². The highest BCUT2D eigenvalue weighted by atomic mass is 35.5. The Morgan fingerprint density at radius 3 is 2.83 bits per heavy atom. The SMILES string of the molecule is C=CCSC1=N[C@@]2(C[C@H](c3ccccc3)c3cc(Cl)c(O)cc3O2)CC(C)(C)N1. The van der Waals surface area contributed by atoms with Crippen LogP contribution in [-0.2, 0) is 0 Å². The molecule has 0 bridgehead atoms. The first-order chi connectivity index (χ1) is 13.8. The summed E-state index contributed by atoms with van der Waals surface area (Å²) in [6, 6.07) is 13.8. The maximum atomic E-state index is 10.2. The monoisotopic (exact) mass is 428 g/mol. The highest BCUT2D eigenvalue weighted by molar-refractivity contribution is 8.13. The van der Waals surface area contributed by atoms with Gasteiger partial charge >= 0.3 is 0 Å². The summed E-state index contributed by atoms with van der Waals surface area (Å²) in [4.78, 5) is 5.02. The number of ether oxygens (including phenoxy) is 1. The van der Waals surface area contributed by atoms with E-state index in [0.29, 0.717) is 23.6 Å². The summed E-state index contributed by atoms with van der Waals surface area (Å²) in [6.07, 6.45) is 3.28. The van der Waals surface area contributed by atoms with E-state index >= 15 is 0 Å². The van der Waals surface area contributed by atoms with Crippen molar-refractivity contribution in [3.8, 4) is 11.5 Å². The third-order valence-corrected chi connectivity index (χ3v) is 6.46. The molecule has 2 heterocycles. The average molecular weight is 429 g/mol. The summed E-state index contributed by atoms with van der Waals surface area (Å²) < 4.78 is 6.51. The van der Waals surface area contributed by atoms with E-state index in [1.807, 2.05) is 30.3 Å². The molecule has 2 N–H and O–H groups in total. The van der Waals surface area contributed by atoms with Crippen molar-refractivity contribution in [2.45, 2.75) is 43.9 Å². The zero-order valence-corrected chi connectivity index (χ0v) is 18.2. The third kappa shape index (κ3) is 4.12. The molecule has 2 aliphatic heterocycles. The number of benzene rings is 2. The number of rotatable bonds is 3. The molecular formula is C23H25ClN2O2S. The minimum Gasteiger partial charge on any atom is -0.506 e. The molecule has 152 valence electrons. The number of hydrogen-bond acceptors (Lipinski definition) is 5. The van der Waals surface area contributed by atoms with Crippen molar-refractivity contribution in [3.63, 3.8) is 0 Å². The van der Waals surface area contributed by atoms with Crippen LogP contribution >= 0.6 is 23.4 Å². The first-order valence-corrected chi connectivity index (χ1v) is 11.1. The van der Waals surface area contributed by atoms with Crippen molar-refractivity contribution >= 4 is 28.5 Å². The van der Waals surface area contributed by atoms with Crippen molar-refractivity contribution in [3.05, 3.63) is 71.3 Å². The van der Waals surface area contributed by atoms with Crippen molar-refractivity contribution in [1.29, 1.82) is 0 Å². The van der Waals surface area contributed by atoms with Crippen LogP contribution in [0, 0.1) is 0 Å². The van der Waals surface area contributed by atoms with Crippen LogP contribution in [0.1, 0.15) is 43.7 Å². The lowest BCUT2D eigenvalue weighted by atomic mass is 9.78. The Balaban J connectivity index is 1.83. The van der Waals surface area contributed by atoms with E-state index < -0.39 is 5.72 Å². The number of halogens is 1. The van der Waals surface area contributed by atoms with Gasteiger partial charge in [0, 0.05) is 41.7 Å². The summed E-state index contributed by atoms with van der Waals surface area (Å²) in [5, 5.41) is 14.9. The second-order valence-corrected chi connectivity index (χ2v) is 9.68. The van der Waals surface area contributed by atoms with E-state index in [1.54, 1.807) is 17.8 Å². The van der Waals surface area contributed by atoms with Gasteiger partial charge in [0.1, 0.15) is 11.5 Å². The number of phenolic OH excluding ortho intramolecular Hbond substituents is 1. The first-order valence-electron chi connectivity index (χ1n) is 9.69. The lowest BCUT2D eigenvalue weighted by Gasteiger charge is -2.47. The average Bonchev–Trinajstić information content (AvgIpc) is 2.66. The lowest BCUT2D eigenvalue weighted by molar-refractivity contribution is 0.0134. The summed E-state index contributed by atoms with van der Waals surface area (Å²) in [7, 11) is 0. The molecule has 0 amide bonds. The van der Waals surface area contributed by atoms with E-state index in [0.717, 1.165) is 16.5 Å². The predicted molar refractivity (Wildman–Crippen MR) is 121 cm³/mol. The third-order valence-electron chi connectivity index (χ3n) is 5.29. The van der Waals surface area contributed by atoms with Gasteiger partial charge in [0.05, 0.1) is 5.02 Å². The van der Waals surface area contributed by atoms with Crippen LogP contribution in [0.25, 0.3) is 0 Å². The van der Waals surface area contributed by atoms with Crippen molar-refractivity contribution in [2.24, 2.45) is 4.99 Å². The molecule has 4 nitrogen and oxygen atoms in total. The highest BCUT2D eigenvalue weighted by Crippen LogP contribution is 2.50. The standard InChI is InChI=1S/C23H25ClN2O2S/c1-4-10-29-21-25-22(2,3)14-23(26-21)13-17(15-8-6-5-7-9-15)16-11-18(24)19(27)12-20(16)28-23/h4-9,11-12,17,27H,1,10,13-14H2,2-3H3,(H,25,26)/t17-,23-/m1/s1. The maximum Gasteiger partial charge on any atom is 0.206 e. The Labute approximate surface area is 181 Å². The zero-order valence-electron chi connectivity index (χ0n) is 16.6. The molecule has 2 aromatic carbocycles. The van der Waals surface area contributed by atoms with Crippen LogP contribution in [0.5, 0.6) is 11.5 Å². The number of nitrogens with one attached hydrogen (secondary N) is 1. The normalized spacial score (nSPS) is 24.8. The summed E-state index contributed by atoms with van der Waals surface area (Å²) in [6.45, 7) is 8.13. The van der Waals surface area contributed by atoms with Crippen LogP contribution in [0.2, 0.25) is 5.02 Å². The Morgan fingerprint density at radius 1 is 1.34 bits per heavy atom. The quantitative estimate of drug-likeness (QED) is 0.615. The smallest absolute Gasteiger partial charge is 0.206 e. The molecule has 29 heavy (non-hydrogen) atoms. The molecule has 0 radical (unpaired) electrons. The van der Waals surface area contributed by atoms with Crippen LogP contribution in [0.3, 0.4) is 0 Å². The maximum absolute atomic E-state index is 10.2. The van der Waals surface area contributed by atoms with E-state index in [4.69, 9.17) is 21.3 Å². The van der Waals surface area contributed by atoms with Gasteiger partial charge in [0.25, 0.3) is 0 Å². The molecule has 0 aliphatic carbocycles. The van der Waals surface area contributed by atoms with E-state index in [2.05, 4.69) is 37.9 Å². The Morgan fingerprint density at radius 2 is 2.10 bits per heavy atom. The number of thioether (sulfide) groups is 1. The summed E-state index contributed by atoms with van der Waals surface area (Å²) >= 11 is 7.87. The van der Waals surface area contributed by atoms with Gasteiger partial charge in [-0.3, -0.25) is 0 Å². The summed E-state index contributed by atoms with van der Waals surface area (Å²) in [5.41, 5.74) is 1.27. The highest BCUT2D eigenvalue weighted by Gasteiger charge is 2.48. The first kappa shape index (κ1) is 20.2. The van der Waals surface area contributed by atoms with Gasteiger partial charge in [-0.15, -0.1) is 6.58 Å². The Hall–Kier alpha value is -2.11. The molecule has 0 aromatic heterocycles. The van der Waals surface area contributed by atoms with E-state index in [1.165, 1.54) is 5.56 Å². The van der Waals surface area contributed by atoms with E-state index in [9.17, 15) is 5.11 Å².